The third-order valence-electron chi connectivity index (χ3n) is 4.69. The second kappa shape index (κ2) is 7.50. The number of hydrogen-bond donors (Lipinski definition) is 1. The minimum atomic E-state index is -3.76. The van der Waals surface area contributed by atoms with Gasteiger partial charge in [-0.15, -0.1) is 0 Å². The molecular formula is C20H24N2O3S. The average Bonchev–Trinajstić information content (AvgIpc) is 2.62. The first kappa shape index (κ1) is 18.5. The number of hydrogen-bond acceptors (Lipinski definition) is 3. The molecule has 6 heteroatoms. The molecule has 0 aromatic heterocycles. The molecule has 1 heterocycles. The van der Waals surface area contributed by atoms with Crippen molar-refractivity contribution in [2.75, 3.05) is 17.8 Å². The maximum absolute atomic E-state index is 12.8. The fourth-order valence-corrected chi connectivity index (χ4v) is 4.63. The molecule has 26 heavy (non-hydrogen) atoms. The van der Waals surface area contributed by atoms with Crippen molar-refractivity contribution in [2.24, 2.45) is 5.92 Å². The molecule has 1 aliphatic rings. The summed E-state index contributed by atoms with van der Waals surface area (Å²) >= 11 is 0. The molecule has 1 N–H and O–H groups in total. The number of para-hydroxylation sites is 1. The average molecular weight is 372 g/mol. The lowest BCUT2D eigenvalue weighted by Crippen LogP contribution is -2.39. The zero-order chi connectivity index (χ0) is 18.7. The first-order chi connectivity index (χ1) is 12.4. The molecule has 2 aromatic rings. The van der Waals surface area contributed by atoms with Crippen molar-refractivity contribution in [3.05, 3.63) is 59.7 Å². The molecule has 0 saturated carbocycles. The minimum absolute atomic E-state index is 0.104. The van der Waals surface area contributed by atoms with Crippen molar-refractivity contribution < 1.29 is 13.2 Å². The van der Waals surface area contributed by atoms with Gasteiger partial charge in [0.15, 0.2) is 0 Å². The van der Waals surface area contributed by atoms with Crippen molar-refractivity contribution in [2.45, 2.75) is 31.6 Å². The van der Waals surface area contributed by atoms with E-state index in [1.165, 1.54) is 6.07 Å². The van der Waals surface area contributed by atoms with Gasteiger partial charge in [-0.2, -0.15) is 0 Å². The number of aryl methyl sites for hydroxylation is 1. The van der Waals surface area contributed by atoms with Crippen LogP contribution in [0.2, 0.25) is 0 Å². The molecule has 0 radical (unpaired) electrons. The molecule has 0 bridgehead atoms. The number of anilines is 1. The van der Waals surface area contributed by atoms with Crippen LogP contribution in [0.15, 0.2) is 53.4 Å². The highest BCUT2D eigenvalue weighted by Gasteiger charge is 2.24. The van der Waals surface area contributed by atoms with E-state index in [1.54, 1.807) is 43.3 Å². The van der Waals surface area contributed by atoms with E-state index < -0.39 is 10.0 Å². The van der Waals surface area contributed by atoms with E-state index in [0.717, 1.165) is 25.9 Å². The number of carbonyl (C=O) groups excluding carboxylic acids is 1. The van der Waals surface area contributed by atoms with Crippen LogP contribution in [-0.2, 0) is 10.0 Å². The number of rotatable bonds is 4. The van der Waals surface area contributed by atoms with Crippen LogP contribution in [-0.4, -0.2) is 32.3 Å². The van der Waals surface area contributed by atoms with E-state index in [9.17, 15) is 13.2 Å². The fourth-order valence-electron chi connectivity index (χ4n) is 3.30. The number of benzene rings is 2. The number of nitrogens with one attached hydrogen (secondary N) is 1. The summed E-state index contributed by atoms with van der Waals surface area (Å²) in [7, 11) is -3.76. The molecule has 3 rings (SSSR count). The van der Waals surface area contributed by atoms with E-state index in [0.29, 0.717) is 22.7 Å². The van der Waals surface area contributed by atoms with Crippen molar-refractivity contribution >= 4 is 21.6 Å². The van der Waals surface area contributed by atoms with E-state index in [1.807, 2.05) is 11.0 Å². The predicted molar refractivity (Wildman–Crippen MR) is 103 cm³/mol. The van der Waals surface area contributed by atoms with Crippen LogP contribution in [0.1, 0.15) is 35.7 Å². The van der Waals surface area contributed by atoms with Crippen LogP contribution in [0, 0.1) is 12.8 Å². The van der Waals surface area contributed by atoms with Gasteiger partial charge in [-0.05, 0) is 55.5 Å². The number of carbonyl (C=O) groups is 1. The molecule has 5 nitrogen and oxygen atoms in total. The SMILES string of the molecule is Cc1ccc(C(=O)N2CCCC(C)C2)cc1S(=O)(=O)Nc1ccccc1. The first-order valence-corrected chi connectivity index (χ1v) is 10.3. The monoisotopic (exact) mass is 372 g/mol. The van der Waals surface area contributed by atoms with E-state index in [4.69, 9.17) is 0 Å². The zero-order valence-electron chi connectivity index (χ0n) is 15.1. The van der Waals surface area contributed by atoms with Gasteiger partial charge in [0.05, 0.1) is 4.90 Å². The standard InChI is InChI=1S/C20H24N2O3S/c1-15-7-6-12-22(14-15)20(23)17-11-10-16(2)19(13-17)26(24,25)21-18-8-4-3-5-9-18/h3-5,8-11,13,15,21H,6-7,12,14H2,1-2H3. The zero-order valence-corrected chi connectivity index (χ0v) is 15.9. The van der Waals surface area contributed by atoms with Gasteiger partial charge in [0.25, 0.3) is 15.9 Å². The molecule has 1 atom stereocenters. The Bertz CT molecular complexity index is 895. The van der Waals surface area contributed by atoms with E-state index >= 15 is 0 Å². The number of likely N-dealkylation sites (tertiary alicyclic amines) is 1. The van der Waals surface area contributed by atoms with Crippen molar-refractivity contribution in [1.82, 2.24) is 4.90 Å². The predicted octanol–water partition coefficient (Wildman–Crippen LogP) is 3.67. The van der Waals surface area contributed by atoms with Gasteiger partial charge in [0.2, 0.25) is 0 Å². The smallest absolute Gasteiger partial charge is 0.262 e. The molecule has 1 fully saturated rings. The third kappa shape index (κ3) is 4.07. The van der Waals surface area contributed by atoms with Crippen molar-refractivity contribution in [3.63, 3.8) is 0 Å². The Labute approximate surface area is 155 Å². The topological polar surface area (TPSA) is 66.5 Å². The normalized spacial score (nSPS) is 17.8. The second-order valence-corrected chi connectivity index (χ2v) is 8.60. The molecular weight excluding hydrogens is 348 g/mol. The second-order valence-electron chi connectivity index (χ2n) is 6.95. The Morgan fingerprint density at radius 1 is 1.15 bits per heavy atom. The van der Waals surface area contributed by atoms with Gasteiger partial charge in [-0.3, -0.25) is 9.52 Å². The molecule has 1 amide bonds. The molecule has 1 unspecified atom stereocenters. The Balaban J connectivity index is 1.88. The lowest BCUT2D eigenvalue weighted by Gasteiger charge is -2.31. The maximum atomic E-state index is 12.8. The van der Waals surface area contributed by atoms with Gasteiger partial charge in [0, 0.05) is 24.3 Å². The summed E-state index contributed by atoms with van der Waals surface area (Å²) in [5, 5.41) is 0. The summed E-state index contributed by atoms with van der Waals surface area (Å²) in [5.41, 5.74) is 1.52. The van der Waals surface area contributed by atoms with Gasteiger partial charge in [0.1, 0.15) is 0 Å². The van der Waals surface area contributed by atoms with E-state index in [2.05, 4.69) is 11.6 Å². The lowest BCUT2D eigenvalue weighted by molar-refractivity contribution is 0.0683. The van der Waals surface area contributed by atoms with Crippen LogP contribution < -0.4 is 4.72 Å². The van der Waals surface area contributed by atoms with Crippen molar-refractivity contribution in [1.29, 1.82) is 0 Å². The maximum Gasteiger partial charge on any atom is 0.262 e. The molecule has 2 aromatic carbocycles. The summed E-state index contributed by atoms with van der Waals surface area (Å²) in [6.07, 6.45) is 2.11. The highest BCUT2D eigenvalue weighted by Crippen LogP contribution is 2.23. The Hall–Kier alpha value is -2.34. The van der Waals surface area contributed by atoms with E-state index in [-0.39, 0.29) is 10.8 Å². The molecule has 0 spiro atoms. The summed E-state index contributed by atoms with van der Waals surface area (Å²) in [5.74, 6) is 0.369. The van der Waals surface area contributed by atoms with Gasteiger partial charge >= 0.3 is 0 Å². The number of sulfonamides is 1. The molecule has 1 aliphatic heterocycles. The summed E-state index contributed by atoms with van der Waals surface area (Å²) in [6.45, 7) is 5.31. The molecule has 1 saturated heterocycles. The van der Waals surface area contributed by atoms with Crippen LogP contribution in [0.3, 0.4) is 0 Å². The summed E-state index contributed by atoms with van der Waals surface area (Å²) in [4.78, 5) is 14.8. The fraction of sp³-hybridized carbons (Fsp3) is 0.350. The molecule has 0 aliphatic carbocycles. The lowest BCUT2D eigenvalue weighted by atomic mass is 9.99. The minimum Gasteiger partial charge on any atom is -0.338 e. The quantitative estimate of drug-likeness (QED) is 0.890. The summed E-state index contributed by atoms with van der Waals surface area (Å²) < 4.78 is 28.2. The Morgan fingerprint density at radius 2 is 1.88 bits per heavy atom. The van der Waals surface area contributed by atoms with Gasteiger partial charge in [-0.1, -0.05) is 31.2 Å². The van der Waals surface area contributed by atoms with Gasteiger partial charge < -0.3 is 4.90 Å². The third-order valence-corrected chi connectivity index (χ3v) is 6.22. The Morgan fingerprint density at radius 3 is 2.58 bits per heavy atom. The van der Waals surface area contributed by atoms with Crippen LogP contribution in [0.25, 0.3) is 0 Å². The highest BCUT2D eigenvalue weighted by atomic mass is 32.2. The van der Waals surface area contributed by atoms with Crippen molar-refractivity contribution in [3.8, 4) is 0 Å². The van der Waals surface area contributed by atoms with Crippen LogP contribution in [0.4, 0.5) is 5.69 Å². The van der Waals surface area contributed by atoms with Crippen LogP contribution >= 0.6 is 0 Å². The van der Waals surface area contributed by atoms with Gasteiger partial charge in [-0.25, -0.2) is 8.42 Å². The largest absolute Gasteiger partial charge is 0.338 e. The molecule has 138 valence electrons. The van der Waals surface area contributed by atoms with Crippen LogP contribution in [0.5, 0.6) is 0 Å². The highest BCUT2D eigenvalue weighted by molar-refractivity contribution is 7.92. The Kier molecular flexibility index (Phi) is 5.32. The number of piperidine rings is 1. The first-order valence-electron chi connectivity index (χ1n) is 8.84. The summed E-state index contributed by atoms with van der Waals surface area (Å²) in [6, 6.07) is 13.6. The number of nitrogens with zero attached hydrogens (tertiary/aromatic N) is 1. The number of amides is 1.